The fourth-order valence-corrected chi connectivity index (χ4v) is 3.01. The van der Waals surface area contributed by atoms with Crippen LogP contribution in [0.5, 0.6) is 11.5 Å². The zero-order valence-corrected chi connectivity index (χ0v) is 18.2. The molecule has 0 atom stereocenters. The number of unbranched alkanes of at least 4 members (excludes halogenated alkanes) is 2. The van der Waals surface area contributed by atoms with Crippen LogP contribution in [0.25, 0.3) is 0 Å². The molecule has 32 heavy (non-hydrogen) atoms. The largest absolute Gasteiger partial charge is 0.493 e. The summed E-state index contributed by atoms with van der Waals surface area (Å²) in [4.78, 5) is 24.9. The number of benzene rings is 3. The van der Waals surface area contributed by atoms with Gasteiger partial charge in [-0.3, -0.25) is 20.4 Å². The van der Waals surface area contributed by atoms with Crippen molar-refractivity contribution < 1.29 is 19.1 Å². The fraction of sp³-hybridized carbons (Fsp3) is 0.231. The first-order valence-electron chi connectivity index (χ1n) is 10.8. The highest BCUT2D eigenvalue weighted by atomic mass is 16.5. The minimum atomic E-state index is -0.438. The molecule has 6 nitrogen and oxygen atoms in total. The molecule has 0 bridgehead atoms. The Balaban J connectivity index is 1.50. The summed E-state index contributed by atoms with van der Waals surface area (Å²) in [6.07, 6.45) is 3.09. The van der Waals surface area contributed by atoms with Crippen LogP contribution in [-0.4, -0.2) is 18.4 Å². The van der Waals surface area contributed by atoms with Crippen LogP contribution in [0, 0.1) is 0 Å². The Hall–Kier alpha value is -3.80. The Morgan fingerprint density at radius 2 is 1.44 bits per heavy atom. The Bertz CT molecular complexity index is 1000. The van der Waals surface area contributed by atoms with Crippen molar-refractivity contribution in [2.24, 2.45) is 0 Å². The molecule has 0 fully saturated rings. The van der Waals surface area contributed by atoms with Gasteiger partial charge >= 0.3 is 0 Å². The van der Waals surface area contributed by atoms with E-state index < -0.39 is 11.8 Å². The Kier molecular flexibility index (Phi) is 8.69. The summed E-state index contributed by atoms with van der Waals surface area (Å²) < 4.78 is 11.5. The van der Waals surface area contributed by atoms with Crippen molar-refractivity contribution in [1.29, 1.82) is 0 Å². The molecule has 0 aliphatic rings. The molecular formula is C26H28N2O4. The summed E-state index contributed by atoms with van der Waals surface area (Å²) >= 11 is 0. The van der Waals surface area contributed by atoms with Gasteiger partial charge in [0.2, 0.25) is 0 Å². The molecule has 3 aromatic carbocycles. The van der Waals surface area contributed by atoms with Gasteiger partial charge in [0.05, 0.1) is 12.2 Å². The van der Waals surface area contributed by atoms with Crippen molar-refractivity contribution in [2.45, 2.75) is 32.8 Å². The molecule has 0 aliphatic heterocycles. The van der Waals surface area contributed by atoms with Crippen LogP contribution >= 0.6 is 0 Å². The molecule has 2 N–H and O–H groups in total. The summed E-state index contributed by atoms with van der Waals surface area (Å²) in [5.41, 5.74) is 6.73. The number of nitrogens with one attached hydrogen (secondary N) is 2. The van der Waals surface area contributed by atoms with E-state index in [4.69, 9.17) is 9.47 Å². The number of rotatable bonds is 10. The van der Waals surface area contributed by atoms with Gasteiger partial charge in [0.1, 0.15) is 18.1 Å². The van der Waals surface area contributed by atoms with Crippen molar-refractivity contribution in [3.63, 3.8) is 0 Å². The lowest BCUT2D eigenvalue weighted by atomic mass is 10.2. The topological polar surface area (TPSA) is 76.7 Å². The average Bonchev–Trinajstić information content (AvgIpc) is 2.85. The highest BCUT2D eigenvalue weighted by Gasteiger charge is 2.14. The molecule has 2 amide bonds. The van der Waals surface area contributed by atoms with Crippen LogP contribution in [0.1, 0.15) is 52.5 Å². The van der Waals surface area contributed by atoms with Gasteiger partial charge < -0.3 is 9.47 Å². The lowest BCUT2D eigenvalue weighted by Gasteiger charge is -2.12. The van der Waals surface area contributed by atoms with E-state index in [0.717, 1.165) is 24.8 Å². The van der Waals surface area contributed by atoms with E-state index in [9.17, 15) is 9.59 Å². The third-order valence-corrected chi connectivity index (χ3v) is 4.79. The van der Waals surface area contributed by atoms with Gasteiger partial charge in [-0.2, -0.15) is 0 Å². The van der Waals surface area contributed by atoms with Gasteiger partial charge in [0.15, 0.2) is 0 Å². The predicted octanol–water partition coefficient (Wildman–Crippen LogP) is 4.91. The first-order chi connectivity index (χ1) is 15.7. The molecule has 3 aromatic rings. The van der Waals surface area contributed by atoms with Gasteiger partial charge in [-0.1, -0.05) is 62.2 Å². The maximum absolute atomic E-state index is 12.5. The molecule has 0 aliphatic carbocycles. The molecule has 0 heterocycles. The van der Waals surface area contributed by atoms with Crippen molar-refractivity contribution in [3.05, 3.63) is 95.6 Å². The predicted molar refractivity (Wildman–Crippen MR) is 124 cm³/mol. The normalized spacial score (nSPS) is 10.3. The van der Waals surface area contributed by atoms with Crippen LogP contribution in [0.3, 0.4) is 0 Å². The lowest BCUT2D eigenvalue weighted by molar-refractivity contribution is 0.0844. The Morgan fingerprint density at radius 1 is 0.750 bits per heavy atom. The lowest BCUT2D eigenvalue weighted by Crippen LogP contribution is -2.41. The number of para-hydroxylation sites is 1. The average molecular weight is 433 g/mol. The third-order valence-electron chi connectivity index (χ3n) is 4.79. The number of hydrogen-bond donors (Lipinski definition) is 2. The maximum atomic E-state index is 12.5. The van der Waals surface area contributed by atoms with E-state index in [1.54, 1.807) is 42.5 Å². The van der Waals surface area contributed by atoms with Crippen LogP contribution < -0.4 is 20.3 Å². The highest BCUT2D eigenvalue weighted by molar-refractivity contribution is 6.00. The number of amides is 2. The van der Waals surface area contributed by atoms with Crippen molar-refractivity contribution in [1.82, 2.24) is 10.9 Å². The molecular weight excluding hydrogens is 404 g/mol. The molecule has 6 heteroatoms. The smallest absolute Gasteiger partial charge is 0.273 e. The highest BCUT2D eigenvalue weighted by Crippen LogP contribution is 2.18. The Labute approximate surface area is 188 Å². The van der Waals surface area contributed by atoms with E-state index in [2.05, 4.69) is 17.8 Å². The zero-order valence-electron chi connectivity index (χ0n) is 18.2. The van der Waals surface area contributed by atoms with Crippen molar-refractivity contribution in [2.75, 3.05) is 6.61 Å². The summed E-state index contributed by atoms with van der Waals surface area (Å²) in [5, 5.41) is 0. The molecule has 0 unspecified atom stereocenters. The maximum Gasteiger partial charge on any atom is 0.273 e. The second-order valence-corrected chi connectivity index (χ2v) is 7.26. The fourth-order valence-electron chi connectivity index (χ4n) is 3.01. The summed E-state index contributed by atoms with van der Waals surface area (Å²) in [7, 11) is 0. The van der Waals surface area contributed by atoms with E-state index in [0.29, 0.717) is 35.8 Å². The van der Waals surface area contributed by atoms with Gasteiger partial charge in [0.25, 0.3) is 11.8 Å². The minimum Gasteiger partial charge on any atom is -0.493 e. The third kappa shape index (κ3) is 6.87. The van der Waals surface area contributed by atoms with Crippen LogP contribution in [-0.2, 0) is 6.61 Å². The first kappa shape index (κ1) is 22.9. The zero-order chi connectivity index (χ0) is 22.6. The van der Waals surface area contributed by atoms with Gasteiger partial charge in [0, 0.05) is 5.56 Å². The van der Waals surface area contributed by atoms with E-state index in [1.807, 2.05) is 36.4 Å². The summed E-state index contributed by atoms with van der Waals surface area (Å²) in [6.45, 7) is 3.11. The van der Waals surface area contributed by atoms with Crippen LogP contribution in [0.2, 0.25) is 0 Å². The number of carbonyl (C=O) groups is 2. The molecule has 166 valence electrons. The number of carbonyl (C=O) groups excluding carboxylic acids is 2. The SMILES string of the molecule is CCCCCOc1ccccc1C(=O)NNC(=O)c1ccc(OCc2ccccc2)cc1. The monoisotopic (exact) mass is 432 g/mol. The molecule has 0 radical (unpaired) electrons. The second kappa shape index (κ2) is 12.2. The van der Waals surface area contributed by atoms with Gasteiger partial charge in [-0.15, -0.1) is 0 Å². The van der Waals surface area contributed by atoms with Crippen LogP contribution in [0.4, 0.5) is 0 Å². The molecule has 0 spiro atoms. The minimum absolute atomic E-state index is 0.369. The van der Waals surface area contributed by atoms with E-state index in [-0.39, 0.29) is 0 Å². The van der Waals surface area contributed by atoms with Crippen LogP contribution in [0.15, 0.2) is 78.9 Å². The second-order valence-electron chi connectivity index (χ2n) is 7.26. The summed E-state index contributed by atoms with van der Waals surface area (Å²) in [5.74, 6) is 0.292. The number of hydrogen-bond acceptors (Lipinski definition) is 4. The van der Waals surface area contributed by atoms with Gasteiger partial charge in [-0.05, 0) is 48.4 Å². The molecule has 3 rings (SSSR count). The Morgan fingerprint density at radius 3 is 2.19 bits per heavy atom. The molecule has 0 saturated heterocycles. The van der Waals surface area contributed by atoms with E-state index in [1.165, 1.54) is 0 Å². The summed E-state index contributed by atoms with van der Waals surface area (Å²) in [6, 6.07) is 23.5. The standard InChI is InChI=1S/C26H28N2O4/c1-2-3-9-18-31-24-13-8-7-12-23(24)26(30)28-27-25(29)21-14-16-22(17-15-21)32-19-20-10-5-4-6-11-20/h4-8,10-17H,2-3,9,18-19H2,1H3,(H,27,29)(H,28,30). The number of hydrazine groups is 1. The van der Waals surface area contributed by atoms with Crippen molar-refractivity contribution >= 4 is 11.8 Å². The first-order valence-corrected chi connectivity index (χ1v) is 10.8. The quantitative estimate of drug-likeness (QED) is 0.353. The molecule has 0 aromatic heterocycles. The van der Waals surface area contributed by atoms with E-state index >= 15 is 0 Å². The number of ether oxygens (including phenoxy) is 2. The van der Waals surface area contributed by atoms with Crippen molar-refractivity contribution in [3.8, 4) is 11.5 Å². The molecule has 0 saturated carbocycles. The van der Waals surface area contributed by atoms with Gasteiger partial charge in [-0.25, -0.2) is 0 Å².